The number of anilines is 2. The lowest BCUT2D eigenvalue weighted by Crippen LogP contribution is -2.16. The molecule has 1 nitrogen and oxygen atoms in total. The Hall–Kier alpha value is -2.54. The van der Waals surface area contributed by atoms with Crippen molar-refractivity contribution in [1.82, 2.24) is 0 Å². The van der Waals surface area contributed by atoms with Crippen LogP contribution in [0.2, 0.25) is 0 Å². The van der Waals surface area contributed by atoms with Gasteiger partial charge in [-0.05, 0) is 41.3 Å². The Morgan fingerprint density at radius 1 is 0.696 bits per heavy atom. The molecule has 116 valence electrons. The summed E-state index contributed by atoms with van der Waals surface area (Å²) in [7, 11) is 0. The Morgan fingerprint density at radius 3 is 1.78 bits per heavy atom. The van der Waals surface area contributed by atoms with Crippen molar-refractivity contribution >= 4 is 11.4 Å². The molecule has 0 radical (unpaired) electrons. The predicted molar refractivity (Wildman–Crippen MR) is 99.3 cm³/mol. The quantitative estimate of drug-likeness (QED) is 0.546. The molecular formula is C22H23N. The zero-order valence-corrected chi connectivity index (χ0v) is 13.8. The molecule has 0 aliphatic rings. The van der Waals surface area contributed by atoms with E-state index in [1.165, 1.54) is 22.5 Å². The highest BCUT2D eigenvalue weighted by Gasteiger charge is 2.10. The van der Waals surface area contributed by atoms with E-state index < -0.39 is 0 Å². The van der Waals surface area contributed by atoms with Crippen LogP contribution in [-0.4, -0.2) is 0 Å². The molecule has 0 heterocycles. The van der Waals surface area contributed by atoms with Crippen molar-refractivity contribution < 1.29 is 0 Å². The summed E-state index contributed by atoms with van der Waals surface area (Å²) in [5, 5.41) is 0. The molecule has 0 N–H and O–H groups in total. The predicted octanol–water partition coefficient (Wildman–Crippen LogP) is 6.15. The summed E-state index contributed by atoms with van der Waals surface area (Å²) in [6, 6.07) is 30.1. The summed E-state index contributed by atoms with van der Waals surface area (Å²) < 4.78 is 0. The van der Waals surface area contributed by atoms with Crippen molar-refractivity contribution in [3.8, 4) is 0 Å². The molecule has 0 saturated carbocycles. The molecule has 0 aliphatic heterocycles. The average molecular weight is 301 g/mol. The number of para-hydroxylation sites is 2. The van der Waals surface area contributed by atoms with Gasteiger partial charge in [-0.3, -0.25) is 0 Å². The highest BCUT2D eigenvalue weighted by atomic mass is 15.1. The third-order valence-electron chi connectivity index (χ3n) is 4.09. The van der Waals surface area contributed by atoms with E-state index >= 15 is 0 Å². The molecule has 0 aliphatic carbocycles. The summed E-state index contributed by atoms with van der Waals surface area (Å²) in [4.78, 5) is 2.36. The summed E-state index contributed by atoms with van der Waals surface area (Å²) >= 11 is 0. The van der Waals surface area contributed by atoms with Crippen LogP contribution < -0.4 is 4.90 Å². The van der Waals surface area contributed by atoms with Crippen molar-refractivity contribution in [2.45, 2.75) is 26.3 Å². The molecule has 3 rings (SSSR count). The maximum Gasteiger partial charge on any atom is 0.0481 e. The van der Waals surface area contributed by atoms with E-state index in [4.69, 9.17) is 0 Å². The first-order chi connectivity index (χ1) is 11.2. The van der Waals surface area contributed by atoms with Crippen molar-refractivity contribution in [2.24, 2.45) is 0 Å². The molecule has 0 spiro atoms. The Labute approximate surface area is 139 Å². The fourth-order valence-electron chi connectivity index (χ4n) is 2.78. The standard InChI is InChI=1S/C22H23N/c1-18(2)20-11-9-10-19(16-20)17-23(21-12-5-3-6-13-21)22-14-7-4-8-15-22/h3-16,18H,17H2,1-2H3. The SMILES string of the molecule is CC(C)c1cccc(CN(c2ccccc2)c2ccccc2)c1. The topological polar surface area (TPSA) is 3.24 Å². The van der Waals surface area contributed by atoms with Gasteiger partial charge in [0.1, 0.15) is 0 Å². The van der Waals surface area contributed by atoms with Crippen LogP contribution in [0.4, 0.5) is 11.4 Å². The summed E-state index contributed by atoms with van der Waals surface area (Å²) in [6.45, 7) is 5.35. The largest absolute Gasteiger partial charge is 0.337 e. The molecule has 0 saturated heterocycles. The lowest BCUT2D eigenvalue weighted by atomic mass is 10.0. The minimum atomic E-state index is 0.553. The third kappa shape index (κ3) is 3.81. The van der Waals surface area contributed by atoms with Gasteiger partial charge in [0.25, 0.3) is 0 Å². The van der Waals surface area contributed by atoms with Gasteiger partial charge in [-0.1, -0.05) is 74.5 Å². The minimum Gasteiger partial charge on any atom is -0.337 e. The molecular weight excluding hydrogens is 278 g/mol. The zero-order valence-electron chi connectivity index (χ0n) is 13.8. The molecule has 1 heteroatoms. The maximum absolute atomic E-state index is 2.36. The van der Waals surface area contributed by atoms with Crippen LogP contribution in [0, 0.1) is 0 Å². The molecule has 3 aromatic rings. The van der Waals surface area contributed by atoms with Crippen molar-refractivity contribution in [1.29, 1.82) is 0 Å². The Bertz CT molecular complexity index is 693. The Balaban J connectivity index is 1.95. The maximum atomic E-state index is 2.36. The highest BCUT2D eigenvalue weighted by Crippen LogP contribution is 2.27. The molecule has 0 bridgehead atoms. The fraction of sp³-hybridized carbons (Fsp3) is 0.182. The Kier molecular flexibility index (Phi) is 4.77. The van der Waals surface area contributed by atoms with Crippen molar-refractivity contribution in [3.63, 3.8) is 0 Å². The van der Waals surface area contributed by atoms with Crippen LogP contribution in [0.25, 0.3) is 0 Å². The van der Waals surface area contributed by atoms with Crippen LogP contribution in [-0.2, 0) is 6.54 Å². The van der Waals surface area contributed by atoms with E-state index in [2.05, 4.69) is 104 Å². The lowest BCUT2D eigenvalue weighted by molar-refractivity contribution is 0.859. The smallest absolute Gasteiger partial charge is 0.0481 e. The number of hydrogen-bond acceptors (Lipinski definition) is 1. The number of hydrogen-bond donors (Lipinski definition) is 0. The van der Waals surface area contributed by atoms with Gasteiger partial charge in [-0.15, -0.1) is 0 Å². The third-order valence-corrected chi connectivity index (χ3v) is 4.09. The second-order valence-electron chi connectivity index (χ2n) is 6.16. The molecule has 23 heavy (non-hydrogen) atoms. The van der Waals surface area contributed by atoms with Gasteiger partial charge in [0.15, 0.2) is 0 Å². The number of benzene rings is 3. The van der Waals surface area contributed by atoms with Crippen LogP contribution >= 0.6 is 0 Å². The van der Waals surface area contributed by atoms with Crippen LogP contribution in [0.15, 0.2) is 84.9 Å². The van der Waals surface area contributed by atoms with Crippen LogP contribution in [0.5, 0.6) is 0 Å². The minimum absolute atomic E-state index is 0.553. The summed E-state index contributed by atoms with van der Waals surface area (Å²) in [5.41, 5.74) is 5.16. The van der Waals surface area contributed by atoms with Gasteiger partial charge < -0.3 is 4.90 Å². The molecule has 3 aromatic carbocycles. The van der Waals surface area contributed by atoms with E-state index in [1.54, 1.807) is 0 Å². The summed E-state index contributed by atoms with van der Waals surface area (Å²) in [6.07, 6.45) is 0. The molecule has 0 fully saturated rings. The van der Waals surface area contributed by atoms with Crippen molar-refractivity contribution in [3.05, 3.63) is 96.1 Å². The first-order valence-electron chi connectivity index (χ1n) is 8.20. The molecule has 0 aromatic heterocycles. The normalized spacial score (nSPS) is 10.7. The highest BCUT2D eigenvalue weighted by molar-refractivity contribution is 5.63. The molecule has 0 amide bonds. The first-order valence-corrected chi connectivity index (χ1v) is 8.20. The van der Waals surface area contributed by atoms with Gasteiger partial charge in [-0.25, -0.2) is 0 Å². The molecule has 0 unspecified atom stereocenters. The van der Waals surface area contributed by atoms with Crippen LogP contribution in [0.1, 0.15) is 30.9 Å². The fourth-order valence-corrected chi connectivity index (χ4v) is 2.78. The van der Waals surface area contributed by atoms with Gasteiger partial charge in [0, 0.05) is 17.9 Å². The van der Waals surface area contributed by atoms with Crippen LogP contribution in [0.3, 0.4) is 0 Å². The van der Waals surface area contributed by atoms with Gasteiger partial charge in [-0.2, -0.15) is 0 Å². The lowest BCUT2D eigenvalue weighted by Gasteiger charge is -2.25. The first kappa shape index (κ1) is 15.4. The van der Waals surface area contributed by atoms with E-state index in [0.717, 1.165) is 6.54 Å². The average Bonchev–Trinajstić information content (AvgIpc) is 2.61. The van der Waals surface area contributed by atoms with Gasteiger partial charge >= 0.3 is 0 Å². The monoisotopic (exact) mass is 301 g/mol. The van der Waals surface area contributed by atoms with E-state index in [1.807, 2.05) is 0 Å². The summed E-state index contributed by atoms with van der Waals surface area (Å²) in [5.74, 6) is 0.553. The second kappa shape index (κ2) is 7.15. The van der Waals surface area contributed by atoms with E-state index in [0.29, 0.717) is 5.92 Å². The van der Waals surface area contributed by atoms with Gasteiger partial charge in [0.05, 0.1) is 0 Å². The Morgan fingerprint density at radius 2 is 1.26 bits per heavy atom. The number of rotatable bonds is 5. The number of nitrogens with zero attached hydrogens (tertiary/aromatic N) is 1. The second-order valence-corrected chi connectivity index (χ2v) is 6.16. The van der Waals surface area contributed by atoms with Gasteiger partial charge in [0.2, 0.25) is 0 Å². The van der Waals surface area contributed by atoms with E-state index in [-0.39, 0.29) is 0 Å². The van der Waals surface area contributed by atoms with Crippen molar-refractivity contribution in [2.75, 3.05) is 4.90 Å². The van der Waals surface area contributed by atoms with E-state index in [9.17, 15) is 0 Å². The zero-order chi connectivity index (χ0) is 16.1. The molecule has 0 atom stereocenters.